The lowest BCUT2D eigenvalue weighted by Crippen LogP contribution is -2.35. The summed E-state index contributed by atoms with van der Waals surface area (Å²) in [7, 11) is 1.75. The van der Waals surface area contributed by atoms with E-state index in [1.807, 2.05) is 6.26 Å². The maximum Gasteiger partial charge on any atom is 0.223 e. The molecule has 6 nitrogen and oxygen atoms in total. The van der Waals surface area contributed by atoms with Gasteiger partial charge < -0.3 is 14.6 Å². The van der Waals surface area contributed by atoms with Crippen LogP contribution in [0.1, 0.15) is 38.4 Å². The average Bonchev–Trinajstić information content (AvgIpc) is 2.96. The lowest BCUT2D eigenvalue weighted by molar-refractivity contribution is -0.126. The van der Waals surface area contributed by atoms with Crippen LogP contribution in [-0.4, -0.2) is 46.7 Å². The lowest BCUT2D eigenvalue weighted by atomic mass is 9.87. The van der Waals surface area contributed by atoms with E-state index in [0.717, 1.165) is 49.6 Å². The first-order valence-corrected chi connectivity index (χ1v) is 9.18. The number of carbonyl (C=O) groups excluding carboxylic acids is 1. The predicted octanol–water partition coefficient (Wildman–Crippen LogP) is 1.88. The number of ether oxygens (including phenoxy) is 1. The van der Waals surface area contributed by atoms with Crippen molar-refractivity contribution in [1.29, 1.82) is 0 Å². The smallest absolute Gasteiger partial charge is 0.223 e. The second-order valence-corrected chi connectivity index (χ2v) is 6.37. The van der Waals surface area contributed by atoms with Crippen molar-refractivity contribution in [3.8, 4) is 0 Å². The SMILES string of the molecule is CCn1c(CCNC(=O)C2CCC(OC)CC2)nnc1SC. The van der Waals surface area contributed by atoms with Gasteiger partial charge in [-0.3, -0.25) is 4.79 Å². The van der Waals surface area contributed by atoms with Crippen molar-refractivity contribution >= 4 is 17.7 Å². The van der Waals surface area contributed by atoms with Crippen molar-refractivity contribution in [2.45, 2.75) is 56.8 Å². The van der Waals surface area contributed by atoms with E-state index in [1.165, 1.54) is 0 Å². The fourth-order valence-corrected chi connectivity index (χ4v) is 3.55. The zero-order chi connectivity index (χ0) is 15.9. The molecular weight excluding hydrogens is 300 g/mol. The van der Waals surface area contributed by atoms with Crippen LogP contribution >= 0.6 is 11.8 Å². The Morgan fingerprint density at radius 1 is 1.36 bits per heavy atom. The summed E-state index contributed by atoms with van der Waals surface area (Å²) in [5.74, 6) is 1.25. The highest BCUT2D eigenvalue weighted by molar-refractivity contribution is 7.98. The van der Waals surface area contributed by atoms with Gasteiger partial charge in [-0.05, 0) is 38.9 Å². The normalized spacial score (nSPS) is 21.8. The van der Waals surface area contributed by atoms with Crippen molar-refractivity contribution in [3.05, 3.63) is 5.82 Å². The van der Waals surface area contributed by atoms with Crippen molar-refractivity contribution < 1.29 is 9.53 Å². The Labute approximate surface area is 136 Å². The summed E-state index contributed by atoms with van der Waals surface area (Å²) >= 11 is 1.60. The first-order chi connectivity index (χ1) is 10.7. The van der Waals surface area contributed by atoms with Gasteiger partial charge in [0, 0.05) is 32.5 Å². The van der Waals surface area contributed by atoms with Crippen LogP contribution in [0.15, 0.2) is 5.16 Å². The molecule has 7 heteroatoms. The summed E-state index contributed by atoms with van der Waals surface area (Å²) in [6.07, 6.45) is 6.86. The molecule has 2 rings (SSSR count). The van der Waals surface area contributed by atoms with E-state index >= 15 is 0 Å². The van der Waals surface area contributed by atoms with Crippen molar-refractivity contribution in [1.82, 2.24) is 20.1 Å². The van der Waals surface area contributed by atoms with Crippen LogP contribution in [0.2, 0.25) is 0 Å². The molecule has 124 valence electrons. The van der Waals surface area contributed by atoms with Crippen LogP contribution in [0.25, 0.3) is 0 Å². The Balaban J connectivity index is 1.77. The summed E-state index contributed by atoms with van der Waals surface area (Å²) in [5.41, 5.74) is 0. The molecule has 1 aromatic rings. The van der Waals surface area contributed by atoms with Crippen LogP contribution in [0, 0.1) is 5.92 Å². The fourth-order valence-electron chi connectivity index (χ4n) is 2.98. The number of nitrogens with zero attached hydrogens (tertiary/aromatic N) is 3. The molecule has 0 aliphatic heterocycles. The minimum Gasteiger partial charge on any atom is -0.381 e. The van der Waals surface area contributed by atoms with Crippen molar-refractivity contribution in [2.75, 3.05) is 19.9 Å². The summed E-state index contributed by atoms with van der Waals surface area (Å²) in [4.78, 5) is 12.2. The van der Waals surface area contributed by atoms with Crippen LogP contribution in [0.4, 0.5) is 0 Å². The Kier molecular flexibility index (Phi) is 6.70. The monoisotopic (exact) mass is 326 g/mol. The van der Waals surface area contributed by atoms with Gasteiger partial charge in [0.15, 0.2) is 5.16 Å². The molecule has 1 heterocycles. The fraction of sp³-hybridized carbons (Fsp3) is 0.800. The van der Waals surface area contributed by atoms with E-state index < -0.39 is 0 Å². The summed E-state index contributed by atoms with van der Waals surface area (Å²) in [5, 5.41) is 12.3. The largest absolute Gasteiger partial charge is 0.381 e. The molecule has 0 radical (unpaired) electrons. The Hall–Kier alpha value is -1.08. The highest BCUT2D eigenvalue weighted by atomic mass is 32.2. The summed E-state index contributed by atoms with van der Waals surface area (Å²) < 4.78 is 7.44. The zero-order valence-electron chi connectivity index (χ0n) is 13.7. The molecule has 1 aliphatic carbocycles. The average molecular weight is 326 g/mol. The minimum absolute atomic E-state index is 0.136. The molecule has 1 aromatic heterocycles. The van der Waals surface area contributed by atoms with Crippen molar-refractivity contribution in [3.63, 3.8) is 0 Å². The Morgan fingerprint density at radius 3 is 2.68 bits per heavy atom. The Morgan fingerprint density at radius 2 is 2.09 bits per heavy atom. The highest BCUT2D eigenvalue weighted by Gasteiger charge is 2.25. The number of hydrogen-bond donors (Lipinski definition) is 1. The number of thioether (sulfide) groups is 1. The van der Waals surface area contributed by atoms with Crippen LogP contribution in [0.5, 0.6) is 0 Å². The molecule has 0 spiro atoms. The van der Waals surface area contributed by atoms with Crippen molar-refractivity contribution in [2.24, 2.45) is 5.92 Å². The number of hydrogen-bond acceptors (Lipinski definition) is 5. The van der Waals surface area contributed by atoms with Gasteiger partial charge in [-0.25, -0.2) is 0 Å². The third kappa shape index (κ3) is 4.23. The molecule has 0 saturated heterocycles. The van der Waals surface area contributed by atoms with E-state index in [4.69, 9.17) is 4.74 Å². The quantitative estimate of drug-likeness (QED) is 0.775. The molecule has 1 N–H and O–H groups in total. The Bertz CT molecular complexity index is 484. The van der Waals surface area contributed by atoms with E-state index in [0.29, 0.717) is 12.6 Å². The molecule has 1 fully saturated rings. The van der Waals surface area contributed by atoms with E-state index in [9.17, 15) is 4.79 Å². The lowest BCUT2D eigenvalue weighted by Gasteiger charge is -2.26. The van der Waals surface area contributed by atoms with Gasteiger partial charge in [0.25, 0.3) is 0 Å². The maximum absolute atomic E-state index is 12.2. The molecule has 0 aromatic carbocycles. The molecule has 22 heavy (non-hydrogen) atoms. The first kappa shape index (κ1) is 17.3. The minimum atomic E-state index is 0.136. The number of carbonyl (C=O) groups is 1. The maximum atomic E-state index is 12.2. The van der Waals surface area contributed by atoms with Gasteiger partial charge in [-0.1, -0.05) is 11.8 Å². The van der Waals surface area contributed by atoms with Crippen LogP contribution < -0.4 is 5.32 Å². The van der Waals surface area contributed by atoms with Crippen LogP contribution in [-0.2, 0) is 22.5 Å². The number of amides is 1. The standard InChI is InChI=1S/C15H26N4O2S/c1-4-19-13(17-18-15(19)22-3)9-10-16-14(20)11-5-7-12(21-2)8-6-11/h11-12H,4-10H2,1-3H3,(H,16,20). The molecule has 0 bridgehead atoms. The number of nitrogens with one attached hydrogen (secondary N) is 1. The molecule has 1 amide bonds. The number of methoxy groups -OCH3 is 1. The van der Waals surface area contributed by atoms with Gasteiger partial charge in [0.05, 0.1) is 6.10 Å². The summed E-state index contributed by atoms with van der Waals surface area (Å²) in [6.45, 7) is 3.56. The first-order valence-electron chi connectivity index (χ1n) is 7.96. The molecular formula is C15H26N4O2S. The van der Waals surface area contributed by atoms with Gasteiger partial charge in [-0.2, -0.15) is 0 Å². The zero-order valence-corrected chi connectivity index (χ0v) is 14.5. The van der Waals surface area contributed by atoms with E-state index in [-0.39, 0.29) is 11.8 Å². The molecule has 1 aliphatic rings. The molecule has 0 atom stereocenters. The predicted molar refractivity (Wildman–Crippen MR) is 86.9 cm³/mol. The summed E-state index contributed by atoms with van der Waals surface area (Å²) in [6, 6.07) is 0. The molecule has 0 unspecified atom stereocenters. The third-order valence-corrected chi connectivity index (χ3v) is 4.99. The second kappa shape index (κ2) is 8.53. The second-order valence-electron chi connectivity index (χ2n) is 5.60. The number of aromatic nitrogens is 3. The van der Waals surface area contributed by atoms with Gasteiger partial charge in [0.1, 0.15) is 5.82 Å². The topological polar surface area (TPSA) is 69.0 Å². The van der Waals surface area contributed by atoms with Gasteiger partial charge in [0.2, 0.25) is 5.91 Å². The van der Waals surface area contributed by atoms with Gasteiger partial charge >= 0.3 is 0 Å². The highest BCUT2D eigenvalue weighted by Crippen LogP contribution is 2.25. The molecule has 1 saturated carbocycles. The van der Waals surface area contributed by atoms with Crippen LogP contribution in [0.3, 0.4) is 0 Å². The van der Waals surface area contributed by atoms with E-state index in [2.05, 4.69) is 27.0 Å². The number of rotatable bonds is 7. The van der Waals surface area contributed by atoms with E-state index in [1.54, 1.807) is 18.9 Å². The van der Waals surface area contributed by atoms with Gasteiger partial charge in [-0.15, -0.1) is 10.2 Å². The third-order valence-electron chi connectivity index (χ3n) is 4.32.